The molecule has 1 atom stereocenters. The van der Waals surface area contributed by atoms with Crippen LogP contribution in [0.1, 0.15) is 45.7 Å². The second kappa shape index (κ2) is 13.3. The van der Waals surface area contributed by atoms with Crippen molar-refractivity contribution in [3.05, 3.63) is 100 Å². The van der Waals surface area contributed by atoms with Gasteiger partial charge in [0.05, 0.1) is 7.11 Å². The molecule has 34 heavy (non-hydrogen) atoms. The van der Waals surface area contributed by atoms with Crippen molar-refractivity contribution in [3.63, 3.8) is 0 Å². The normalized spacial score (nSPS) is 11.7. The monoisotopic (exact) mass is 475 g/mol. The van der Waals surface area contributed by atoms with Crippen LogP contribution in [0.2, 0.25) is 0 Å². The summed E-state index contributed by atoms with van der Waals surface area (Å²) in [6, 6.07) is 23.1. The molecule has 3 N–H and O–H groups in total. The predicted molar refractivity (Wildman–Crippen MR) is 141 cm³/mol. The van der Waals surface area contributed by atoms with E-state index in [9.17, 15) is 0 Å². The molecule has 3 rings (SSSR count). The van der Waals surface area contributed by atoms with Gasteiger partial charge in [-0.25, -0.2) is 0 Å². The predicted octanol–water partition coefficient (Wildman–Crippen LogP) is 5.47. The zero-order valence-corrected chi connectivity index (χ0v) is 21.1. The summed E-state index contributed by atoms with van der Waals surface area (Å²) in [5.74, 6) is 7.79. The van der Waals surface area contributed by atoms with Crippen molar-refractivity contribution in [2.45, 2.75) is 39.2 Å². The average Bonchev–Trinajstić information content (AvgIpc) is 2.84. The number of benzene rings is 3. The highest BCUT2D eigenvalue weighted by Crippen LogP contribution is 2.25. The maximum absolute atomic E-state index is 8.97. The molecule has 0 saturated heterocycles. The van der Waals surface area contributed by atoms with Gasteiger partial charge in [0.15, 0.2) is 8.38 Å². The molecular weight excluding hydrogens is 441 g/mol. The molecule has 3 aromatic rings. The maximum Gasteiger partial charge on any atom is 0.164 e. The Balaban J connectivity index is 1.72. The van der Waals surface area contributed by atoms with Gasteiger partial charge in [0.2, 0.25) is 0 Å². The summed E-state index contributed by atoms with van der Waals surface area (Å²) < 4.78 is 5.45. The number of nitrogens with one attached hydrogen (secondary N) is 1. The van der Waals surface area contributed by atoms with Crippen LogP contribution in [0.5, 0.6) is 5.75 Å². The Morgan fingerprint density at radius 1 is 0.941 bits per heavy atom. The van der Waals surface area contributed by atoms with E-state index in [0.29, 0.717) is 6.16 Å². The molecule has 0 saturated carbocycles. The van der Waals surface area contributed by atoms with Crippen LogP contribution in [0.15, 0.2) is 66.7 Å². The van der Waals surface area contributed by atoms with Gasteiger partial charge in [-0.2, -0.15) is 0 Å². The molecule has 178 valence electrons. The molecule has 0 radical (unpaired) electrons. The third kappa shape index (κ3) is 8.28. The molecule has 1 unspecified atom stereocenters. The Hall–Kier alpha value is -2.67. The quantitative estimate of drug-likeness (QED) is 0.207. The average molecular weight is 476 g/mol. The summed E-state index contributed by atoms with van der Waals surface area (Å²) in [4.78, 5) is 17.9. The third-order valence-corrected chi connectivity index (χ3v) is 6.61. The summed E-state index contributed by atoms with van der Waals surface area (Å²) in [5.41, 5.74) is 7.20. The lowest BCUT2D eigenvalue weighted by Gasteiger charge is -2.14. The fourth-order valence-corrected chi connectivity index (χ4v) is 4.17. The highest BCUT2D eigenvalue weighted by atomic mass is 31.2. The highest BCUT2D eigenvalue weighted by molar-refractivity contribution is 7.45. The van der Waals surface area contributed by atoms with E-state index < -0.39 is 8.38 Å². The van der Waals surface area contributed by atoms with Crippen LogP contribution < -0.4 is 10.1 Å². The number of hydrogen-bond acceptors (Lipinski definition) is 4. The van der Waals surface area contributed by atoms with E-state index in [4.69, 9.17) is 14.5 Å². The standard InChI is InChI=1S/C29H34NO3P/c1-22-8-9-26(18-23(22)2)19-28(27-6-4-7-29(20-27)33-3)15-14-24-10-12-25(13-11-24)21-30-16-5-17-34(31)32/h4,6-13,18,20,28,30-32H,5,16-17,19,21H2,1-3H3. The van der Waals surface area contributed by atoms with E-state index in [2.05, 4.69) is 85.6 Å². The Kier molecular flexibility index (Phi) is 10.1. The molecule has 4 nitrogen and oxygen atoms in total. The topological polar surface area (TPSA) is 61.7 Å². The summed E-state index contributed by atoms with van der Waals surface area (Å²) in [6.07, 6.45) is 2.05. The van der Waals surface area contributed by atoms with Crippen molar-refractivity contribution >= 4 is 8.38 Å². The highest BCUT2D eigenvalue weighted by Gasteiger charge is 2.12. The van der Waals surface area contributed by atoms with Crippen LogP contribution in [0.25, 0.3) is 0 Å². The minimum Gasteiger partial charge on any atom is -0.497 e. The molecule has 0 spiro atoms. The fraction of sp³-hybridized carbons (Fsp3) is 0.310. The molecule has 0 amide bonds. The van der Waals surface area contributed by atoms with Crippen LogP contribution in [0.3, 0.4) is 0 Å². The van der Waals surface area contributed by atoms with Gasteiger partial charge in [-0.05, 0) is 85.3 Å². The van der Waals surface area contributed by atoms with E-state index in [0.717, 1.165) is 42.8 Å². The van der Waals surface area contributed by atoms with E-state index in [1.807, 2.05) is 12.1 Å². The molecule has 0 aliphatic carbocycles. The van der Waals surface area contributed by atoms with Gasteiger partial charge in [0, 0.05) is 24.2 Å². The lowest BCUT2D eigenvalue weighted by atomic mass is 9.91. The van der Waals surface area contributed by atoms with Crippen LogP contribution in [-0.2, 0) is 13.0 Å². The molecular formula is C29H34NO3P. The first-order chi connectivity index (χ1) is 16.4. The first-order valence-corrected chi connectivity index (χ1v) is 13.0. The summed E-state index contributed by atoms with van der Waals surface area (Å²) >= 11 is 0. The van der Waals surface area contributed by atoms with Gasteiger partial charge < -0.3 is 19.8 Å². The van der Waals surface area contributed by atoms with Gasteiger partial charge in [-0.3, -0.25) is 0 Å². The molecule has 0 bridgehead atoms. The molecule has 0 aliphatic rings. The Bertz CT molecular complexity index is 1120. The molecule has 5 heteroatoms. The van der Waals surface area contributed by atoms with Crippen molar-refractivity contribution in [2.75, 3.05) is 19.8 Å². The lowest BCUT2D eigenvalue weighted by molar-refractivity contribution is 0.414. The van der Waals surface area contributed by atoms with E-state index in [1.54, 1.807) is 7.11 Å². The second-order valence-electron chi connectivity index (χ2n) is 8.54. The van der Waals surface area contributed by atoms with Gasteiger partial charge in [-0.15, -0.1) is 0 Å². The first kappa shape index (κ1) is 25.9. The molecule has 0 aliphatic heterocycles. The zero-order valence-electron chi connectivity index (χ0n) is 20.2. The van der Waals surface area contributed by atoms with Gasteiger partial charge >= 0.3 is 0 Å². The minimum atomic E-state index is -1.79. The van der Waals surface area contributed by atoms with E-state index in [-0.39, 0.29) is 5.92 Å². The number of aryl methyl sites for hydroxylation is 2. The van der Waals surface area contributed by atoms with Crippen LogP contribution in [-0.4, -0.2) is 29.6 Å². The maximum atomic E-state index is 8.97. The van der Waals surface area contributed by atoms with Gasteiger partial charge in [0.1, 0.15) is 5.75 Å². The minimum absolute atomic E-state index is 0.0575. The summed E-state index contributed by atoms with van der Waals surface area (Å²) in [6.45, 7) is 5.81. The number of methoxy groups -OCH3 is 1. The lowest BCUT2D eigenvalue weighted by Crippen LogP contribution is -2.15. The number of rotatable bonds is 10. The number of ether oxygens (including phenoxy) is 1. The van der Waals surface area contributed by atoms with Crippen molar-refractivity contribution in [3.8, 4) is 17.6 Å². The Morgan fingerprint density at radius 2 is 1.71 bits per heavy atom. The Labute approximate surface area is 204 Å². The third-order valence-electron chi connectivity index (χ3n) is 5.89. The zero-order chi connectivity index (χ0) is 24.3. The van der Waals surface area contributed by atoms with Crippen molar-refractivity contribution < 1.29 is 14.5 Å². The molecule has 0 aromatic heterocycles. The van der Waals surface area contributed by atoms with Crippen molar-refractivity contribution in [1.29, 1.82) is 0 Å². The van der Waals surface area contributed by atoms with Crippen molar-refractivity contribution in [2.24, 2.45) is 0 Å². The summed E-state index contributed by atoms with van der Waals surface area (Å²) in [5, 5.41) is 3.34. The summed E-state index contributed by atoms with van der Waals surface area (Å²) in [7, 11) is -0.0966. The largest absolute Gasteiger partial charge is 0.497 e. The Morgan fingerprint density at radius 3 is 2.41 bits per heavy atom. The second-order valence-corrected chi connectivity index (χ2v) is 9.74. The number of hydrogen-bond donors (Lipinski definition) is 3. The smallest absolute Gasteiger partial charge is 0.164 e. The van der Waals surface area contributed by atoms with Gasteiger partial charge in [-0.1, -0.05) is 54.3 Å². The molecule has 3 aromatic carbocycles. The van der Waals surface area contributed by atoms with Crippen molar-refractivity contribution in [1.82, 2.24) is 5.32 Å². The molecule has 0 heterocycles. The van der Waals surface area contributed by atoms with Crippen LogP contribution in [0, 0.1) is 25.7 Å². The van der Waals surface area contributed by atoms with Gasteiger partial charge in [0.25, 0.3) is 0 Å². The first-order valence-electron chi connectivity index (χ1n) is 11.6. The SMILES string of the molecule is COc1cccc(C(C#Cc2ccc(CNCCCP(O)O)cc2)Cc2ccc(C)c(C)c2)c1. The van der Waals surface area contributed by atoms with Crippen LogP contribution >= 0.6 is 8.38 Å². The van der Waals surface area contributed by atoms with E-state index in [1.165, 1.54) is 22.3 Å². The van der Waals surface area contributed by atoms with Crippen LogP contribution in [0.4, 0.5) is 0 Å². The molecule has 0 fully saturated rings. The van der Waals surface area contributed by atoms with E-state index >= 15 is 0 Å². The fourth-order valence-electron chi connectivity index (χ4n) is 3.73.